The molecule has 134 valence electrons. The largest absolute Gasteiger partial charge is 0.391 e. The van der Waals surface area contributed by atoms with Gasteiger partial charge in [0.15, 0.2) is 23.3 Å². The first-order chi connectivity index (χ1) is 12.5. The number of nitrogens with zero attached hydrogens (tertiary/aromatic N) is 4. The van der Waals surface area contributed by atoms with Crippen LogP contribution in [0.3, 0.4) is 0 Å². The van der Waals surface area contributed by atoms with Crippen molar-refractivity contribution in [1.82, 2.24) is 19.7 Å². The molecule has 0 unspecified atom stereocenters. The molecule has 0 radical (unpaired) electrons. The molecular formula is C18H17F2N5O. The molecule has 8 heteroatoms. The first-order valence-electron chi connectivity index (χ1n) is 8.30. The van der Waals surface area contributed by atoms with Gasteiger partial charge in [-0.05, 0) is 43.2 Å². The summed E-state index contributed by atoms with van der Waals surface area (Å²) in [5.41, 5.74) is 6.30. The third-order valence-corrected chi connectivity index (χ3v) is 4.62. The van der Waals surface area contributed by atoms with Gasteiger partial charge in [0.25, 0.3) is 0 Å². The van der Waals surface area contributed by atoms with E-state index in [1.165, 1.54) is 6.07 Å². The molecule has 1 aliphatic carbocycles. The van der Waals surface area contributed by atoms with Gasteiger partial charge in [-0.25, -0.2) is 18.7 Å². The highest BCUT2D eigenvalue weighted by Crippen LogP contribution is 2.35. The van der Waals surface area contributed by atoms with E-state index in [2.05, 4.69) is 15.1 Å². The smallest absolute Gasteiger partial charge is 0.182 e. The molecule has 3 N–H and O–H groups in total. The second kappa shape index (κ2) is 6.54. The number of hydrogen-bond acceptors (Lipinski definition) is 5. The van der Waals surface area contributed by atoms with Crippen LogP contribution in [0.15, 0.2) is 42.6 Å². The summed E-state index contributed by atoms with van der Waals surface area (Å²) >= 11 is 0. The molecule has 2 heterocycles. The van der Waals surface area contributed by atoms with E-state index in [0.29, 0.717) is 30.0 Å². The van der Waals surface area contributed by atoms with Crippen molar-refractivity contribution in [2.45, 2.75) is 30.9 Å². The van der Waals surface area contributed by atoms with Gasteiger partial charge in [0, 0.05) is 23.7 Å². The first-order valence-corrected chi connectivity index (χ1v) is 8.30. The molecule has 4 rings (SSSR count). The minimum Gasteiger partial charge on any atom is -0.391 e. The van der Waals surface area contributed by atoms with E-state index in [-0.39, 0.29) is 17.8 Å². The third-order valence-electron chi connectivity index (χ3n) is 4.62. The molecule has 26 heavy (non-hydrogen) atoms. The summed E-state index contributed by atoms with van der Waals surface area (Å²) in [5.74, 6) is -0.582. The Hall–Kier alpha value is -2.71. The summed E-state index contributed by atoms with van der Waals surface area (Å²) in [4.78, 5) is 8.82. The van der Waals surface area contributed by atoms with Crippen LogP contribution in [0.25, 0.3) is 17.2 Å². The summed E-state index contributed by atoms with van der Waals surface area (Å²) in [6, 6.07) is 8.58. The van der Waals surface area contributed by atoms with E-state index in [1.54, 1.807) is 23.0 Å². The van der Waals surface area contributed by atoms with Crippen LogP contribution in [0, 0.1) is 11.6 Å². The van der Waals surface area contributed by atoms with Crippen LogP contribution < -0.4 is 5.73 Å². The van der Waals surface area contributed by atoms with Gasteiger partial charge in [-0.3, -0.25) is 0 Å². The van der Waals surface area contributed by atoms with Gasteiger partial charge in [-0.15, -0.1) is 5.10 Å². The van der Waals surface area contributed by atoms with Gasteiger partial charge in [0.2, 0.25) is 0 Å². The maximum Gasteiger partial charge on any atom is 0.182 e. The number of nitrogens with two attached hydrogens (primary N) is 1. The zero-order chi connectivity index (χ0) is 18.3. The highest BCUT2D eigenvalue weighted by Gasteiger charge is 2.35. The molecule has 0 aliphatic heterocycles. The lowest BCUT2D eigenvalue weighted by Crippen LogP contribution is -2.28. The lowest BCUT2D eigenvalue weighted by atomic mass is 10.1. The van der Waals surface area contributed by atoms with Gasteiger partial charge in [-0.1, -0.05) is 6.07 Å². The summed E-state index contributed by atoms with van der Waals surface area (Å²) in [6.07, 6.45) is 2.04. The van der Waals surface area contributed by atoms with Gasteiger partial charge in [-0.2, -0.15) is 4.68 Å². The van der Waals surface area contributed by atoms with E-state index >= 15 is 0 Å². The number of aliphatic hydroxyl groups excluding tert-OH is 1. The highest BCUT2D eigenvalue weighted by atomic mass is 19.2. The van der Waals surface area contributed by atoms with Crippen molar-refractivity contribution in [1.29, 1.82) is 0 Å². The van der Waals surface area contributed by atoms with Crippen molar-refractivity contribution < 1.29 is 13.9 Å². The van der Waals surface area contributed by atoms with Gasteiger partial charge >= 0.3 is 0 Å². The summed E-state index contributed by atoms with van der Waals surface area (Å²) < 4.78 is 28.4. The fourth-order valence-corrected chi connectivity index (χ4v) is 3.25. The van der Waals surface area contributed by atoms with E-state index in [9.17, 15) is 13.9 Å². The Morgan fingerprint density at radius 3 is 2.62 bits per heavy atom. The van der Waals surface area contributed by atoms with Crippen LogP contribution in [0.1, 0.15) is 24.6 Å². The van der Waals surface area contributed by atoms with E-state index < -0.39 is 17.7 Å². The average molecular weight is 357 g/mol. The van der Waals surface area contributed by atoms with Gasteiger partial charge in [0.1, 0.15) is 5.82 Å². The maximum atomic E-state index is 13.6. The van der Waals surface area contributed by atoms with Crippen molar-refractivity contribution in [3.63, 3.8) is 0 Å². The van der Waals surface area contributed by atoms with Crippen LogP contribution in [0.4, 0.5) is 8.78 Å². The molecule has 1 aromatic carbocycles. The van der Waals surface area contributed by atoms with Crippen molar-refractivity contribution in [2.75, 3.05) is 0 Å². The summed E-state index contributed by atoms with van der Waals surface area (Å²) in [7, 11) is 0. The predicted molar refractivity (Wildman–Crippen MR) is 90.5 cm³/mol. The minimum absolute atomic E-state index is 0.103. The van der Waals surface area contributed by atoms with Crippen molar-refractivity contribution in [2.24, 2.45) is 5.73 Å². The molecule has 0 amide bonds. The molecule has 1 fully saturated rings. The Bertz CT molecular complexity index is 921. The lowest BCUT2D eigenvalue weighted by Gasteiger charge is -2.10. The van der Waals surface area contributed by atoms with Crippen molar-refractivity contribution in [3.8, 4) is 17.2 Å². The van der Waals surface area contributed by atoms with Crippen molar-refractivity contribution in [3.05, 3.63) is 60.1 Å². The fraction of sp³-hybridized carbons (Fsp3) is 0.278. The third kappa shape index (κ3) is 2.97. The van der Waals surface area contributed by atoms with E-state index in [4.69, 9.17) is 5.73 Å². The Balaban J connectivity index is 1.81. The minimum atomic E-state index is -0.962. The van der Waals surface area contributed by atoms with E-state index in [0.717, 1.165) is 12.1 Å². The first kappa shape index (κ1) is 16.7. The van der Waals surface area contributed by atoms with Crippen LogP contribution in [0.5, 0.6) is 0 Å². The van der Waals surface area contributed by atoms with E-state index in [1.807, 2.05) is 6.07 Å². The Morgan fingerprint density at radius 1 is 1.12 bits per heavy atom. The zero-order valence-corrected chi connectivity index (χ0v) is 13.8. The molecule has 0 spiro atoms. The number of aliphatic hydroxyl groups is 1. The molecule has 3 aromatic rings. The monoisotopic (exact) mass is 357 g/mol. The zero-order valence-electron chi connectivity index (χ0n) is 13.8. The number of halogens is 2. The van der Waals surface area contributed by atoms with Gasteiger partial charge < -0.3 is 10.8 Å². The Labute approximate surface area is 148 Å². The molecular weight excluding hydrogens is 340 g/mol. The molecule has 2 aromatic heterocycles. The topological polar surface area (TPSA) is 89.9 Å². The molecule has 0 saturated heterocycles. The molecule has 1 aliphatic rings. The fourth-order valence-electron chi connectivity index (χ4n) is 3.25. The highest BCUT2D eigenvalue weighted by molar-refractivity contribution is 5.55. The molecule has 0 bridgehead atoms. The van der Waals surface area contributed by atoms with Gasteiger partial charge in [0.05, 0.1) is 6.10 Å². The number of rotatable bonds is 3. The lowest BCUT2D eigenvalue weighted by molar-refractivity contribution is 0.163. The summed E-state index contributed by atoms with van der Waals surface area (Å²) in [5, 5.41) is 14.4. The Kier molecular flexibility index (Phi) is 4.21. The SMILES string of the molecule is N[C@H]1C[C@H](c2nc(-c3ccc(F)c(F)c3)nn2-c2ccccn2)C[C@@H]1O. The molecule has 1 saturated carbocycles. The number of hydrogen-bond donors (Lipinski definition) is 2. The average Bonchev–Trinajstić information content (AvgIpc) is 3.22. The van der Waals surface area contributed by atoms with Crippen LogP contribution in [0.2, 0.25) is 0 Å². The Morgan fingerprint density at radius 2 is 1.96 bits per heavy atom. The standard InChI is InChI=1S/C18H17F2N5O/c19-12-5-4-10(7-13(12)20)17-23-18(11-8-14(21)15(26)9-11)25(24-17)16-3-1-2-6-22-16/h1-7,11,14-15,26H,8-9,21H2/t11-,14-,15-/m0/s1. The maximum absolute atomic E-state index is 13.6. The normalized spacial score (nSPS) is 22.7. The molecule has 3 atom stereocenters. The number of benzene rings is 1. The predicted octanol–water partition coefficient (Wildman–Crippen LogP) is 2.17. The van der Waals surface area contributed by atoms with Crippen LogP contribution in [-0.4, -0.2) is 37.0 Å². The summed E-state index contributed by atoms with van der Waals surface area (Å²) in [6.45, 7) is 0. The second-order valence-corrected chi connectivity index (χ2v) is 6.42. The quantitative estimate of drug-likeness (QED) is 0.750. The number of aromatic nitrogens is 4. The second-order valence-electron chi connectivity index (χ2n) is 6.42. The number of pyridine rings is 1. The van der Waals surface area contributed by atoms with Crippen LogP contribution >= 0.6 is 0 Å². The van der Waals surface area contributed by atoms with Crippen molar-refractivity contribution >= 4 is 0 Å². The molecule has 6 nitrogen and oxygen atoms in total. The van der Waals surface area contributed by atoms with Crippen LogP contribution in [-0.2, 0) is 0 Å².